The van der Waals surface area contributed by atoms with E-state index < -0.39 is 32.7 Å². The van der Waals surface area contributed by atoms with Crippen LogP contribution in [-0.4, -0.2) is 20.3 Å². The number of sulfonamides is 1. The molecule has 0 spiro atoms. The Morgan fingerprint density at radius 1 is 1.06 bits per heavy atom. The van der Waals surface area contributed by atoms with E-state index in [1.165, 1.54) is 18.2 Å². The molecule has 1 saturated carbocycles. The normalized spacial score (nSPS) is 17.4. The number of halogens is 4. The van der Waals surface area contributed by atoms with Gasteiger partial charge in [0.15, 0.2) is 17.2 Å². The fraction of sp³-hybridized carbons (Fsp3) is 0.231. The lowest BCUT2D eigenvalue weighted by Crippen LogP contribution is -2.22. The second-order valence-corrected chi connectivity index (χ2v) is 11.9. The molecule has 1 aliphatic carbocycles. The number of benzene rings is 3. The molecule has 5 nitrogen and oxygen atoms in total. The number of rotatable bonds is 9. The van der Waals surface area contributed by atoms with Crippen LogP contribution >= 0.6 is 22.6 Å². The maximum Gasteiger partial charge on any atom is 0.236 e. The Bertz CT molecular complexity index is 1530. The van der Waals surface area contributed by atoms with Crippen LogP contribution in [0.3, 0.4) is 0 Å². The fourth-order valence-corrected chi connectivity index (χ4v) is 6.39. The van der Waals surface area contributed by atoms with Crippen LogP contribution in [0.2, 0.25) is 0 Å². The Kier molecular flexibility index (Phi) is 7.01. The zero-order valence-electron chi connectivity index (χ0n) is 18.8. The summed E-state index contributed by atoms with van der Waals surface area (Å²) in [5.41, 5.74) is 0.388. The van der Waals surface area contributed by atoms with Crippen LogP contribution in [0.4, 0.5) is 18.9 Å². The average Bonchev–Trinajstić information content (AvgIpc) is 3.47. The Morgan fingerprint density at radius 2 is 1.83 bits per heavy atom. The molecule has 0 bridgehead atoms. The van der Waals surface area contributed by atoms with Gasteiger partial charge in [-0.1, -0.05) is 36.4 Å². The molecule has 10 heteroatoms. The molecule has 188 valence electrons. The molecule has 36 heavy (non-hydrogen) atoms. The minimum Gasteiger partial charge on any atom is -0.462 e. The number of hydrogen-bond donors (Lipinski definition) is 1. The van der Waals surface area contributed by atoms with E-state index in [9.17, 15) is 17.2 Å². The number of furan rings is 1. The summed E-state index contributed by atoms with van der Waals surface area (Å²) in [5.74, 6) is -3.27. The minimum atomic E-state index is -3.99. The Labute approximate surface area is 219 Å². The third-order valence-electron chi connectivity index (χ3n) is 6.21. The molecule has 1 N–H and O–H groups in total. The zero-order chi connectivity index (χ0) is 25.4. The van der Waals surface area contributed by atoms with Crippen LogP contribution in [0.5, 0.6) is 0 Å². The molecule has 2 atom stereocenters. The number of fused-ring (bicyclic) bond motifs is 1. The van der Waals surface area contributed by atoms with Crippen molar-refractivity contribution >= 4 is 49.3 Å². The van der Waals surface area contributed by atoms with Gasteiger partial charge in [-0.15, -0.1) is 0 Å². The second-order valence-electron chi connectivity index (χ2n) is 8.74. The lowest BCUT2D eigenvalue weighted by atomic mass is 10.0. The van der Waals surface area contributed by atoms with Crippen molar-refractivity contribution in [3.05, 3.63) is 98.6 Å². The molecule has 0 radical (unpaired) electrons. The van der Waals surface area contributed by atoms with Crippen LogP contribution in [0.15, 0.2) is 65.3 Å². The maximum absolute atomic E-state index is 15.2. The quantitative estimate of drug-likeness (QED) is 0.219. The summed E-state index contributed by atoms with van der Waals surface area (Å²) in [7, 11) is -3.99. The Balaban J connectivity index is 1.39. The molecule has 3 aromatic carbocycles. The highest BCUT2D eigenvalue weighted by Gasteiger charge is 2.48. The predicted octanol–water partition coefficient (Wildman–Crippen LogP) is 6.39. The molecule has 0 aliphatic heterocycles. The zero-order valence-corrected chi connectivity index (χ0v) is 21.8. The minimum absolute atomic E-state index is 0.0960. The Morgan fingerprint density at radius 3 is 2.58 bits per heavy atom. The van der Waals surface area contributed by atoms with Crippen LogP contribution in [0.25, 0.3) is 11.0 Å². The van der Waals surface area contributed by atoms with E-state index in [-0.39, 0.29) is 46.7 Å². The van der Waals surface area contributed by atoms with Crippen LogP contribution in [0, 0.1) is 26.9 Å². The van der Waals surface area contributed by atoms with Crippen molar-refractivity contribution in [1.82, 2.24) is 0 Å². The van der Waals surface area contributed by atoms with Gasteiger partial charge in [0.05, 0.1) is 35.8 Å². The van der Waals surface area contributed by atoms with E-state index in [0.717, 1.165) is 11.8 Å². The van der Waals surface area contributed by atoms with Crippen molar-refractivity contribution in [3.63, 3.8) is 0 Å². The first kappa shape index (κ1) is 25.1. The van der Waals surface area contributed by atoms with Crippen molar-refractivity contribution < 1.29 is 30.7 Å². The first-order chi connectivity index (χ1) is 17.2. The summed E-state index contributed by atoms with van der Waals surface area (Å²) < 4.78 is 84.9. The van der Waals surface area contributed by atoms with Gasteiger partial charge in [0.2, 0.25) is 10.0 Å². The van der Waals surface area contributed by atoms with Gasteiger partial charge >= 0.3 is 0 Å². The van der Waals surface area contributed by atoms with E-state index >= 15 is 4.39 Å². The smallest absolute Gasteiger partial charge is 0.236 e. The van der Waals surface area contributed by atoms with Crippen molar-refractivity contribution in [2.24, 2.45) is 5.92 Å². The highest BCUT2D eigenvalue weighted by molar-refractivity contribution is 14.1. The van der Waals surface area contributed by atoms with Gasteiger partial charge in [-0.25, -0.2) is 21.6 Å². The lowest BCUT2D eigenvalue weighted by Gasteiger charge is -2.16. The summed E-state index contributed by atoms with van der Waals surface area (Å²) in [6, 6.07) is 15.1. The molecule has 5 rings (SSSR count). The maximum atomic E-state index is 15.2. The van der Waals surface area contributed by atoms with E-state index in [4.69, 9.17) is 9.15 Å². The van der Waals surface area contributed by atoms with E-state index in [1.807, 2.05) is 52.9 Å². The Hall–Kier alpha value is -2.57. The molecule has 4 aromatic rings. The van der Waals surface area contributed by atoms with Crippen molar-refractivity contribution in [3.8, 4) is 0 Å². The van der Waals surface area contributed by atoms with Crippen molar-refractivity contribution in [2.45, 2.75) is 24.7 Å². The standard InChI is InChI=1S/C26H21F3INO4S/c27-21-12-18(30)7-6-16(21)10-20-24(29)23(28)19-8-9-35-26(19)25(20)31-36(32,33)22-11-17(22)14-34-13-15-4-2-1-3-5-15/h1-9,12,17,22,31H,10-11,13-14H2. The summed E-state index contributed by atoms with van der Waals surface area (Å²) >= 11 is 1.94. The van der Waals surface area contributed by atoms with Gasteiger partial charge in [-0.05, 0) is 58.3 Å². The molecule has 1 aromatic heterocycles. The lowest BCUT2D eigenvalue weighted by molar-refractivity contribution is 0.111. The molecule has 1 heterocycles. The number of anilines is 1. The largest absolute Gasteiger partial charge is 0.462 e. The highest BCUT2D eigenvalue weighted by Crippen LogP contribution is 2.41. The predicted molar refractivity (Wildman–Crippen MR) is 139 cm³/mol. The first-order valence-corrected chi connectivity index (χ1v) is 13.8. The molecular weight excluding hydrogens is 606 g/mol. The number of nitrogens with one attached hydrogen (secondary N) is 1. The molecule has 1 aliphatic rings. The van der Waals surface area contributed by atoms with Gasteiger partial charge in [0.25, 0.3) is 0 Å². The fourth-order valence-electron chi connectivity index (χ4n) is 4.20. The first-order valence-electron chi connectivity index (χ1n) is 11.2. The number of hydrogen-bond acceptors (Lipinski definition) is 4. The SMILES string of the molecule is O=S(=O)(Nc1c(Cc2ccc(I)cc2F)c(F)c(F)c2ccoc12)C1CC1COCc1ccccc1. The third-order valence-corrected chi connectivity index (χ3v) is 8.75. The second kappa shape index (κ2) is 10.1. The molecule has 0 amide bonds. The van der Waals surface area contributed by atoms with E-state index in [1.54, 1.807) is 6.07 Å². The average molecular weight is 627 g/mol. The van der Waals surface area contributed by atoms with Gasteiger partial charge in [0.1, 0.15) is 5.82 Å². The van der Waals surface area contributed by atoms with Gasteiger partial charge < -0.3 is 9.15 Å². The van der Waals surface area contributed by atoms with E-state index in [0.29, 0.717) is 16.6 Å². The van der Waals surface area contributed by atoms with Gasteiger partial charge in [0, 0.05) is 21.5 Å². The van der Waals surface area contributed by atoms with Crippen LogP contribution in [-0.2, 0) is 27.8 Å². The highest BCUT2D eigenvalue weighted by atomic mass is 127. The summed E-state index contributed by atoms with van der Waals surface area (Å²) in [6.45, 7) is 0.606. The molecular formula is C26H21F3INO4S. The van der Waals surface area contributed by atoms with E-state index in [2.05, 4.69) is 4.72 Å². The molecule has 2 unspecified atom stereocenters. The molecule has 0 saturated heterocycles. The topological polar surface area (TPSA) is 68.5 Å². The van der Waals surface area contributed by atoms with Gasteiger partial charge in [-0.2, -0.15) is 0 Å². The van der Waals surface area contributed by atoms with Crippen molar-refractivity contribution in [2.75, 3.05) is 11.3 Å². The third kappa shape index (κ3) is 5.12. The van der Waals surface area contributed by atoms with Crippen LogP contribution < -0.4 is 4.72 Å². The number of ether oxygens (including phenoxy) is 1. The summed E-state index contributed by atoms with van der Waals surface area (Å²) in [6.07, 6.45) is 1.15. The monoisotopic (exact) mass is 627 g/mol. The van der Waals surface area contributed by atoms with Gasteiger partial charge in [-0.3, -0.25) is 4.72 Å². The summed E-state index contributed by atoms with van der Waals surface area (Å²) in [5, 5.41) is -0.954. The molecule has 1 fully saturated rings. The summed E-state index contributed by atoms with van der Waals surface area (Å²) in [4.78, 5) is 0. The van der Waals surface area contributed by atoms with Crippen LogP contribution in [0.1, 0.15) is 23.1 Å². The van der Waals surface area contributed by atoms with Crippen molar-refractivity contribution in [1.29, 1.82) is 0 Å².